The molecule has 96 valence electrons. The minimum absolute atomic E-state index is 1.10. The summed E-state index contributed by atoms with van der Waals surface area (Å²) < 4.78 is 2.41. The van der Waals surface area contributed by atoms with Gasteiger partial charge in [-0.2, -0.15) is 0 Å². The Labute approximate surface area is 129 Å². The van der Waals surface area contributed by atoms with Gasteiger partial charge in [-0.3, -0.25) is 0 Å². The molecule has 0 aliphatic carbocycles. The molecule has 2 aromatic carbocycles. The standard InChI is InChI=1S/C17H10BrNS/c18-12-5-1-4-11(10-12)13-6-2-7-14-15-8-3-9-19-17(15)20-16(13)14/h1-10H. The van der Waals surface area contributed by atoms with Gasteiger partial charge in [0, 0.05) is 26.1 Å². The van der Waals surface area contributed by atoms with Gasteiger partial charge in [0.05, 0.1) is 0 Å². The van der Waals surface area contributed by atoms with Gasteiger partial charge in [0.2, 0.25) is 0 Å². The van der Waals surface area contributed by atoms with Gasteiger partial charge in [-0.05, 0) is 35.4 Å². The summed E-state index contributed by atoms with van der Waals surface area (Å²) in [7, 11) is 0. The number of benzene rings is 2. The number of fused-ring (bicyclic) bond motifs is 3. The van der Waals surface area contributed by atoms with Crippen LogP contribution in [0.3, 0.4) is 0 Å². The van der Waals surface area contributed by atoms with Crippen LogP contribution in [-0.4, -0.2) is 4.98 Å². The van der Waals surface area contributed by atoms with Crippen LogP contribution >= 0.6 is 27.3 Å². The maximum atomic E-state index is 4.48. The van der Waals surface area contributed by atoms with Gasteiger partial charge in [-0.15, -0.1) is 11.3 Å². The molecule has 0 spiro atoms. The summed E-state index contributed by atoms with van der Waals surface area (Å²) in [6.45, 7) is 0. The van der Waals surface area contributed by atoms with Crippen LogP contribution in [0, 0.1) is 0 Å². The van der Waals surface area contributed by atoms with E-state index in [4.69, 9.17) is 0 Å². The Hall–Kier alpha value is -1.71. The van der Waals surface area contributed by atoms with Crippen LogP contribution in [-0.2, 0) is 0 Å². The number of hydrogen-bond donors (Lipinski definition) is 0. The van der Waals surface area contributed by atoms with Gasteiger partial charge in [0.1, 0.15) is 4.83 Å². The average molecular weight is 340 g/mol. The SMILES string of the molecule is Brc1cccc(-c2cccc3c2sc2ncccc23)c1. The average Bonchev–Trinajstić information content (AvgIpc) is 2.86. The van der Waals surface area contributed by atoms with Crippen LogP contribution in [0.1, 0.15) is 0 Å². The zero-order chi connectivity index (χ0) is 13.5. The molecule has 0 N–H and O–H groups in total. The number of aromatic nitrogens is 1. The van der Waals surface area contributed by atoms with Gasteiger partial charge in [-0.1, -0.05) is 46.3 Å². The summed E-state index contributed by atoms with van der Waals surface area (Å²) >= 11 is 5.31. The highest BCUT2D eigenvalue weighted by atomic mass is 79.9. The Balaban J connectivity index is 2.10. The summed E-state index contributed by atoms with van der Waals surface area (Å²) in [5, 5.41) is 2.53. The van der Waals surface area contributed by atoms with Gasteiger partial charge in [0.15, 0.2) is 0 Å². The van der Waals surface area contributed by atoms with Crippen molar-refractivity contribution in [2.75, 3.05) is 0 Å². The number of hydrogen-bond acceptors (Lipinski definition) is 2. The number of pyridine rings is 1. The fraction of sp³-hybridized carbons (Fsp3) is 0. The van der Waals surface area contributed by atoms with Crippen molar-refractivity contribution in [3.63, 3.8) is 0 Å². The van der Waals surface area contributed by atoms with E-state index < -0.39 is 0 Å². The molecule has 0 bridgehead atoms. The van der Waals surface area contributed by atoms with E-state index in [2.05, 4.69) is 69.4 Å². The minimum atomic E-state index is 1.10. The third-order valence-corrected chi connectivity index (χ3v) is 5.07. The molecule has 0 atom stereocenters. The van der Waals surface area contributed by atoms with E-state index in [1.54, 1.807) is 11.3 Å². The molecule has 0 aliphatic rings. The lowest BCUT2D eigenvalue weighted by Gasteiger charge is -2.04. The van der Waals surface area contributed by atoms with E-state index in [0.29, 0.717) is 0 Å². The molecular weight excluding hydrogens is 330 g/mol. The third kappa shape index (κ3) is 1.86. The molecule has 2 heterocycles. The predicted octanol–water partition coefficient (Wildman–Crippen LogP) is 5.88. The highest BCUT2D eigenvalue weighted by molar-refractivity contribution is 9.10. The van der Waals surface area contributed by atoms with Crippen molar-refractivity contribution >= 4 is 47.6 Å². The van der Waals surface area contributed by atoms with E-state index in [9.17, 15) is 0 Å². The van der Waals surface area contributed by atoms with E-state index >= 15 is 0 Å². The van der Waals surface area contributed by atoms with Crippen LogP contribution in [0.2, 0.25) is 0 Å². The zero-order valence-electron chi connectivity index (χ0n) is 10.5. The van der Waals surface area contributed by atoms with Crippen LogP contribution in [0.4, 0.5) is 0 Å². The van der Waals surface area contributed by atoms with Gasteiger partial charge >= 0.3 is 0 Å². The molecule has 1 nitrogen and oxygen atoms in total. The van der Waals surface area contributed by atoms with E-state index in [0.717, 1.165) is 9.30 Å². The van der Waals surface area contributed by atoms with E-state index in [-0.39, 0.29) is 0 Å². The fourth-order valence-electron chi connectivity index (χ4n) is 2.52. The molecule has 2 aromatic heterocycles. The molecule has 3 heteroatoms. The largest absolute Gasteiger partial charge is 0.245 e. The zero-order valence-corrected chi connectivity index (χ0v) is 12.9. The molecular formula is C17H10BrNS. The normalized spacial score (nSPS) is 11.2. The second-order valence-electron chi connectivity index (χ2n) is 4.65. The molecule has 0 saturated heterocycles. The number of nitrogens with zero attached hydrogens (tertiary/aromatic N) is 1. The van der Waals surface area contributed by atoms with Crippen LogP contribution in [0.25, 0.3) is 31.4 Å². The van der Waals surface area contributed by atoms with Gasteiger partial charge < -0.3 is 0 Å². The van der Waals surface area contributed by atoms with Crippen LogP contribution in [0.15, 0.2) is 65.3 Å². The molecule has 0 saturated carbocycles. The van der Waals surface area contributed by atoms with Crippen molar-refractivity contribution in [2.24, 2.45) is 0 Å². The Morgan fingerprint density at radius 1 is 0.900 bits per heavy atom. The Morgan fingerprint density at radius 3 is 2.65 bits per heavy atom. The maximum Gasteiger partial charge on any atom is 0.124 e. The van der Waals surface area contributed by atoms with Crippen molar-refractivity contribution in [3.05, 3.63) is 65.3 Å². The van der Waals surface area contributed by atoms with Crippen molar-refractivity contribution in [2.45, 2.75) is 0 Å². The monoisotopic (exact) mass is 339 g/mol. The first-order chi connectivity index (χ1) is 9.83. The smallest absolute Gasteiger partial charge is 0.124 e. The number of rotatable bonds is 1. The summed E-state index contributed by atoms with van der Waals surface area (Å²) in [5.74, 6) is 0. The molecule has 20 heavy (non-hydrogen) atoms. The quantitative estimate of drug-likeness (QED) is 0.422. The Bertz CT molecular complexity index is 926. The van der Waals surface area contributed by atoms with Crippen molar-refractivity contribution in [1.82, 2.24) is 4.98 Å². The van der Waals surface area contributed by atoms with E-state index in [1.807, 2.05) is 12.3 Å². The van der Waals surface area contributed by atoms with Crippen molar-refractivity contribution < 1.29 is 0 Å². The maximum absolute atomic E-state index is 4.48. The second-order valence-corrected chi connectivity index (χ2v) is 6.57. The lowest BCUT2D eigenvalue weighted by atomic mass is 10.0. The van der Waals surface area contributed by atoms with Gasteiger partial charge in [0.25, 0.3) is 0 Å². The first kappa shape index (κ1) is 12.1. The first-order valence-electron chi connectivity index (χ1n) is 6.35. The molecule has 0 radical (unpaired) electrons. The fourth-order valence-corrected chi connectivity index (χ4v) is 4.09. The summed E-state index contributed by atoms with van der Waals surface area (Å²) in [6, 6.07) is 19.1. The lowest BCUT2D eigenvalue weighted by Crippen LogP contribution is -1.78. The van der Waals surface area contributed by atoms with E-state index in [1.165, 1.54) is 26.6 Å². The number of halogens is 1. The molecule has 0 unspecified atom stereocenters. The molecule has 4 aromatic rings. The molecule has 0 amide bonds. The Kier molecular flexibility index (Phi) is 2.83. The summed E-state index contributed by atoms with van der Waals surface area (Å²) in [5.41, 5.74) is 2.50. The molecule has 4 rings (SSSR count). The Morgan fingerprint density at radius 2 is 1.75 bits per heavy atom. The molecule has 0 aliphatic heterocycles. The lowest BCUT2D eigenvalue weighted by molar-refractivity contribution is 1.45. The first-order valence-corrected chi connectivity index (χ1v) is 7.96. The topological polar surface area (TPSA) is 12.9 Å². The minimum Gasteiger partial charge on any atom is -0.245 e. The highest BCUT2D eigenvalue weighted by Gasteiger charge is 2.10. The van der Waals surface area contributed by atoms with Crippen LogP contribution < -0.4 is 0 Å². The van der Waals surface area contributed by atoms with Crippen molar-refractivity contribution in [3.8, 4) is 11.1 Å². The number of thiophene rings is 1. The van der Waals surface area contributed by atoms with Crippen molar-refractivity contribution in [1.29, 1.82) is 0 Å². The summed E-state index contributed by atoms with van der Waals surface area (Å²) in [4.78, 5) is 5.58. The molecule has 0 fully saturated rings. The second kappa shape index (κ2) is 4.69. The van der Waals surface area contributed by atoms with Crippen LogP contribution in [0.5, 0.6) is 0 Å². The summed E-state index contributed by atoms with van der Waals surface area (Å²) in [6.07, 6.45) is 1.86. The van der Waals surface area contributed by atoms with Gasteiger partial charge in [-0.25, -0.2) is 4.98 Å². The predicted molar refractivity (Wildman–Crippen MR) is 90.3 cm³/mol. The highest BCUT2D eigenvalue weighted by Crippen LogP contribution is 2.39. The third-order valence-electron chi connectivity index (χ3n) is 3.41.